The zero-order chi connectivity index (χ0) is 19.0. The molecule has 2 aromatic carbocycles. The van der Waals surface area contributed by atoms with Crippen molar-refractivity contribution in [3.8, 4) is 28.3 Å². The lowest BCUT2D eigenvalue weighted by Crippen LogP contribution is -2.24. The van der Waals surface area contributed by atoms with E-state index in [0.717, 1.165) is 36.5 Å². The second kappa shape index (κ2) is 7.37. The van der Waals surface area contributed by atoms with Gasteiger partial charge in [-0.05, 0) is 74.7 Å². The monoisotopic (exact) mass is 381 g/mol. The topological polar surface area (TPSA) is 49.9 Å². The Morgan fingerprint density at radius 2 is 2.00 bits per heavy atom. The quantitative estimate of drug-likeness (QED) is 0.658. The highest BCUT2D eigenvalue weighted by atomic mass is 35.5. The molecule has 4 rings (SSSR count). The maximum atomic E-state index is 6.38. The van der Waals surface area contributed by atoms with Crippen LogP contribution in [0.1, 0.15) is 30.5 Å². The number of fused-ring (bicyclic) bond motifs is 1. The van der Waals surface area contributed by atoms with Crippen molar-refractivity contribution in [3.63, 3.8) is 0 Å². The maximum absolute atomic E-state index is 6.38. The van der Waals surface area contributed by atoms with E-state index in [4.69, 9.17) is 16.3 Å². The van der Waals surface area contributed by atoms with Crippen molar-refractivity contribution < 1.29 is 4.74 Å². The predicted molar refractivity (Wildman–Crippen MR) is 110 cm³/mol. The first kappa shape index (κ1) is 18.1. The molecule has 2 heterocycles. The van der Waals surface area contributed by atoms with Crippen LogP contribution in [-0.2, 0) is 13.0 Å². The van der Waals surface area contributed by atoms with Gasteiger partial charge in [0.1, 0.15) is 5.75 Å². The van der Waals surface area contributed by atoms with Gasteiger partial charge in [-0.15, -0.1) is 0 Å². The van der Waals surface area contributed by atoms with E-state index in [1.54, 1.807) is 0 Å². The Labute approximate surface area is 164 Å². The van der Waals surface area contributed by atoms with Crippen molar-refractivity contribution in [2.24, 2.45) is 0 Å². The van der Waals surface area contributed by atoms with Crippen molar-refractivity contribution in [2.45, 2.75) is 39.8 Å². The van der Waals surface area contributed by atoms with Gasteiger partial charge in [-0.2, -0.15) is 5.10 Å². The van der Waals surface area contributed by atoms with E-state index in [1.807, 2.05) is 32.0 Å². The Morgan fingerprint density at radius 3 is 2.78 bits per heavy atom. The van der Waals surface area contributed by atoms with Crippen LogP contribution in [0.5, 0.6) is 5.75 Å². The van der Waals surface area contributed by atoms with Gasteiger partial charge in [-0.1, -0.05) is 23.7 Å². The van der Waals surface area contributed by atoms with Gasteiger partial charge < -0.3 is 10.1 Å². The molecule has 0 amide bonds. The molecule has 1 aliphatic heterocycles. The van der Waals surface area contributed by atoms with Crippen LogP contribution in [0.15, 0.2) is 36.4 Å². The molecule has 4 nitrogen and oxygen atoms in total. The number of H-pyrrole nitrogens is 1. The van der Waals surface area contributed by atoms with E-state index < -0.39 is 0 Å². The van der Waals surface area contributed by atoms with Crippen LogP contribution in [0.3, 0.4) is 0 Å². The molecule has 0 unspecified atom stereocenters. The Kier molecular flexibility index (Phi) is 4.94. The second-order valence-corrected chi connectivity index (χ2v) is 7.69. The van der Waals surface area contributed by atoms with Crippen molar-refractivity contribution in [2.75, 3.05) is 6.54 Å². The predicted octanol–water partition coefficient (Wildman–Crippen LogP) is 5.14. The molecule has 140 valence electrons. The van der Waals surface area contributed by atoms with Crippen LogP contribution in [0.25, 0.3) is 22.5 Å². The molecule has 27 heavy (non-hydrogen) atoms. The molecule has 0 fully saturated rings. The summed E-state index contributed by atoms with van der Waals surface area (Å²) >= 11 is 6.38. The van der Waals surface area contributed by atoms with Gasteiger partial charge >= 0.3 is 0 Å². The van der Waals surface area contributed by atoms with Gasteiger partial charge in [0.05, 0.1) is 22.5 Å². The SMILES string of the molecule is Cc1c(-c2cc(-c3ccc(OC(C)C)c(Cl)c3)n[nH]2)ccc2c1CCNC2. The third-order valence-corrected chi connectivity index (χ3v) is 5.32. The summed E-state index contributed by atoms with van der Waals surface area (Å²) in [5, 5.41) is 11.7. The fourth-order valence-corrected chi connectivity index (χ4v) is 3.90. The summed E-state index contributed by atoms with van der Waals surface area (Å²) in [6, 6.07) is 12.3. The highest BCUT2D eigenvalue weighted by Gasteiger charge is 2.16. The number of ether oxygens (including phenoxy) is 1. The third kappa shape index (κ3) is 3.60. The average Bonchev–Trinajstić information content (AvgIpc) is 3.13. The fraction of sp³-hybridized carbons (Fsp3) is 0.318. The minimum Gasteiger partial charge on any atom is -0.489 e. The summed E-state index contributed by atoms with van der Waals surface area (Å²) in [5.74, 6) is 0.699. The molecule has 0 aliphatic carbocycles. The normalized spacial score (nSPS) is 13.7. The Hall–Kier alpha value is -2.30. The van der Waals surface area contributed by atoms with Gasteiger partial charge in [0.15, 0.2) is 0 Å². The summed E-state index contributed by atoms with van der Waals surface area (Å²) in [4.78, 5) is 0. The molecule has 0 saturated carbocycles. The molecule has 1 aromatic heterocycles. The number of nitrogens with zero attached hydrogens (tertiary/aromatic N) is 1. The van der Waals surface area contributed by atoms with Crippen molar-refractivity contribution in [1.29, 1.82) is 0 Å². The lowest BCUT2D eigenvalue weighted by atomic mass is 9.91. The molecule has 3 aromatic rings. The molecule has 5 heteroatoms. The minimum atomic E-state index is 0.0903. The van der Waals surface area contributed by atoms with Crippen LogP contribution >= 0.6 is 11.6 Å². The van der Waals surface area contributed by atoms with Crippen molar-refractivity contribution in [1.82, 2.24) is 15.5 Å². The fourth-order valence-electron chi connectivity index (χ4n) is 3.67. The first-order valence-corrected chi connectivity index (χ1v) is 9.75. The average molecular weight is 382 g/mol. The van der Waals surface area contributed by atoms with Gasteiger partial charge in [-0.25, -0.2) is 0 Å². The number of halogens is 1. The first-order chi connectivity index (χ1) is 13.0. The second-order valence-electron chi connectivity index (χ2n) is 7.28. The van der Waals surface area contributed by atoms with Crippen LogP contribution in [0, 0.1) is 6.92 Å². The lowest BCUT2D eigenvalue weighted by molar-refractivity contribution is 0.242. The molecule has 1 aliphatic rings. The molecule has 0 saturated heterocycles. The smallest absolute Gasteiger partial charge is 0.138 e. The summed E-state index contributed by atoms with van der Waals surface area (Å²) in [5.41, 5.74) is 8.28. The standard InChI is InChI=1S/C22H24ClN3O/c1-13(2)27-22-7-5-15(10-19(22)23)20-11-21(26-25-20)18-6-4-16-12-24-9-8-17(16)14(18)3/h4-7,10-11,13,24H,8-9,12H2,1-3H3,(H,25,26). The Balaban J connectivity index is 1.65. The van der Waals surface area contributed by atoms with Crippen LogP contribution in [0.4, 0.5) is 0 Å². The van der Waals surface area contributed by atoms with Crippen LogP contribution < -0.4 is 10.1 Å². The van der Waals surface area contributed by atoms with E-state index >= 15 is 0 Å². The Bertz CT molecular complexity index is 978. The first-order valence-electron chi connectivity index (χ1n) is 9.37. The lowest BCUT2D eigenvalue weighted by Gasteiger charge is -2.20. The van der Waals surface area contributed by atoms with E-state index in [1.165, 1.54) is 22.3 Å². The molecule has 2 N–H and O–H groups in total. The van der Waals surface area contributed by atoms with Gasteiger partial charge in [0.2, 0.25) is 0 Å². The molecule has 0 spiro atoms. The zero-order valence-electron chi connectivity index (χ0n) is 15.9. The van der Waals surface area contributed by atoms with E-state index in [0.29, 0.717) is 10.8 Å². The molecular formula is C22H24ClN3O. The van der Waals surface area contributed by atoms with E-state index in [9.17, 15) is 0 Å². The van der Waals surface area contributed by atoms with Crippen molar-refractivity contribution >= 4 is 11.6 Å². The van der Waals surface area contributed by atoms with Crippen LogP contribution in [0.2, 0.25) is 5.02 Å². The molecule has 0 atom stereocenters. The zero-order valence-corrected chi connectivity index (χ0v) is 16.7. The minimum absolute atomic E-state index is 0.0903. The summed E-state index contributed by atoms with van der Waals surface area (Å²) in [6.45, 7) is 8.17. The maximum Gasteiger partial charge on any atom is 0.138 e. The number of rotatable bonds is 4. The third-order valence-electron chi connectivity index (χ3n) is 5.02. The number of nitrogens with one attached hydrogen (secondary N) is 2. The van der Waals surface area contributed by atoms with Gasteiger partial charge in [0.25, 0.3) is 0 Å². The van der Waals surface area contributed by atoms with Crippen LogP contribution in [-0.4, -0.2) is 22.8 Å². The van der Waals surface area contributed by atoms with Gasteiger partial charge in [0, 0.05) is 17.7 Å². The summed E-state index contributed by atoms with van der Waals surface area (Å²) in [6.07, 6.45) is 1.16. The van der Waals surface area contributed by atoms with Crippen molar-refractivity contribution in [3.05, 3.63) is 58.1 Å². The van der Waals surface area contributed by atoms with E-state index in [2.05, 4.69) is 40.6 Å². The van der Waals surface area contributed by atoms with Gasteiger partial charge in [-0.3, -0.25) is 5.10 Å². The Morgan fingerprint density at radius 1 is 1.15 bits per heavy atom. The molecular weight excluding hydrogens is 358 g/mol. The number of aromatic nitrogens is 2. The number of hydrogen-bond acceptors (Lipinski definition) is 3. The summed E-state index contributed by atoms with van der Waals surface area (Å²) in [7, 11) is 0. The number of aromatic amines is 1. The molecule has 0 bridgehead atoms. The number of benzene rings is 2. The highest BCUT2D eigenvalue weighted by molar-refractivity contribution is 6.32. The molecule has 0 radical (unpaired) electrons. The van der Waals surface area contributed by atoms with E-state index in [-0.39, 0.29) is 6.10 Å². The summed E-state index contributed by atoms with van der Waals surface area (Å²) < 4.78 is 5.71. The number of hydrogen-bond donors (Lipinski definition) is 2. The largest absolute Gasteiger partial charge is 0.489 e. The highest BCUT2D eigenvalue weighted by Crippen LogP contribution is 2.33.